The van der Waals surface area contributed by atoms with Gasteiger partial charge in [-0.1, -0.05) is 6.92 Å². The molecule has 32 heavy (non-hydrogen) atoms. The lowest BCUT2D eigenvalue weighted by Crippen LogP contribution is -2.68. The van der Waals surface area contributed by atoms with Crippen LogP contribution in [0.1, 0.15) is 71.6 Å². The zero-order valence-corrected chi connectivity index (χ0v) is 18.9. The molecule has 174 valence electrons. The molecule has 9 atom stereocenters. The van der Waals surface area contributed by atoms with Crippen molar-refractivity contribution in [3.63, 3.8) is 0 Å². The first kappa shape index (κ1) is 21.9. The molecule has 0 unspecified atom stereocenters. The Hall–Kier alpha value is -1.91. The number of fused-ring (bicyclic) bond motifs is 5. The maximum atomic E-state index is 12.2. The first-order valence-corrected chi connectivity index (χ1v) is 12.0. The van der Waals surface area contributed by atoms with E-state index in [9.17, 15) is 25.1 Å². The fourth-order valence-electron chi connectivity index (χ4n) is 8.57. The van der Waals surface area contributed by atoms with Crippen LogP contribution in [-0.4, -0.2) is 45.6 Å². The van der Waals surface area contributed by atoms with E-state index in [1.807, 2.05) is 6.08 Å². The largest absolute Gasteiger partial charge is 0.462 e. The van der Waals surface area contributed by atoms with Crippen LogP contribution in [-0.2, 0) is 19.1 Å². The number of carbonyl (C=O) groups is 2. The number of carbonyl (C=O) groups excluding carboxylic acids is 2. The van der Waals surface area contributed by atoms with Crippen LogP contribution in [0.15, 0.2) is 12.2 Å². The van der Waals surface area contributed by atoms with E-state index in [0.717, 1.165) is 19.3 Å². The molecule has 1 heterocycles. The Balaban J connectivity index is 1.45. The number of ether oxygens (including phenoxy) is 2. The van der Waals surface area contributed by atoms with Gasteiger partial charge in [-0.2, -0.15) is 5.26 Å². The Morgan fingerprint density at radius 3 is 2.50 bits per heavy atom. The van der Waals surface area contributed by atoms with Crippen LogP contribution in [0, 0.1) is 39.9 Å². The van der Waals surface area contributed by atoms with Crippen molar-refractivity contribution in [1.29, 1.82) is 5.26 Å². The number of esters is 2. The predicted octanol–water partition coefficient (Wildman–Crippen LogP) is 2.79. The summed E-state index contributed by atoms with van der Waals surface area (Å²) >= 11 is 0. The lowest BCUT2D eigenvalue weighted by molar-refractivity contribution is -0.247. The molecule has 0 spiro atoms. The predicted molar refractivity (Wildman–Crippen MR) is 113 cm³/mol. The number of aliphatic hydroxyl groups is 2. The van der Waals surface area contributed by atoms with Gasteiger partial charge in [-0.05, 0) is 69.3 Å². The summed E-state index contributed by atoms with van der Waals surface area (Å²) in [5, 5.41) is 34.4. The summed E-state index contributed by atoms with van der Waals surface area (Å²) in [5.41, 5.74) is -3.52. The zero-order valence-electron chi connectivity index (χ0n) is 18.9. The highest BCUT2D eigenvalue weighted by molar-refractivity contribution is 5.84. The van der Waals surface area contributed by atoms with Gasteiger partial charge in [-0.25, -0.2) is 4.79 Å². The fraction of sp³-hybridized carbons (Fsp3) is 0.800. The highest BCUT2D eigenvalue weighted by Crippen LogP contribution is 2.70. The molecule has 0 aromatic rings. The molecule has 0 aromatic heterocycles. The maximum Gasteiger partial charge on any atom is 0.331 e. The van der Waals surface area contributed by atoms with Crippen molar-refractivity contribution in [2.75, 3.05) is 0 Å². The van der Waals surface area contributed by atoms with Crippen LogP contribution in [0.25, 0.3) is 0 Å². The van der Waals surface area contributed by atoms with Gasteiger partial charge in [0.05, 0.1) is 22.7 Å². The van der Waals surface area contributed by atoms with Gasteiger partial charge in [0.25, 0.3) is 0 Å². The summed E-state index contributed by atoms with van der Waals surface area (Å²) in [6.07, 6.45) is 7.86. The lowest BCUT2D eigenvalue weighted by atomic mass is 9.41. The molecule has 0 amide bonds. The zero-order chi connectivity index (χ0) is 22.9. The van der Waals surface area contributed by atoms with Crippen molar-refractivity contribution in [3.8, 4) is 6.07 Å². The topological polar surface area (TPSA) is 117 Å². The van der Waals surface area contributed by atoms with E-state index in [1.54, 1.807) is 0 Å². The van der Waals surface area contributed by atoms with Crippen molar-refractivity contribution in [2.45, 2.75) is 95.0 Å². The molecule has 0 radical (unpaired) electrons. The molecule has 0 aromatic carbocycles. The van der Waals surface area contributed by atoms with Crippen LogP contribution in [0.2, 0.25) is 0 Å². The van der Waals surface area contributed by atoms with Gasteiger partial charge < -0.3 is 19.7 Å². The monoisotopic (exact) mass is 443 g/mol. The van der Waals surface area contributed by atoms with Gasteiger partial charge in [0, 0.05) is 30.8 Å². The number of nitrogens with zero attached hydrogens (tertiary/aromatic N) is 1. The highest BCUT2D eigenvalue weighted by Gasteiger charge is 2.72. The SMILES string of the molecule is CC(=O)O[C@H]1CC[C@]2(C#N)[C@H]3CC[C@]4(C)[C@H]([C@@H]5C=CC(=O)O5)CC[C@]4(O)[C@H]3CC[C@]2(O)C1. The third-order valence-electron chi connectivity index (χ3n) is 10.1. The summed E-state index contributed by atoms with van der Waals surface area (Å²) in [7, 11) is 0. The molecule has 4 saturated carbocycles. The van der Waals surface area contributed by atoms with Crippen LogP contribution >= 0.6 is 0 Å². The summed E-state index contributed by atoms with van der Waals surface area (Å²) in [4.78, 5) is 23.2. The molecule has 0 bridgehead atoms. The Kier molecular flexibility index (Phi) is 4.82. The van der Waals surface area contributed by atoms with E-state index in [-0.39, 0.29) is 48.3 Å². The molecule has 7 heteroatoms. The third kappa shape index (κ3) is 2.72. The van der Waals surface area contributed by atoms with Crippen molar-refractivity contribution < 1.29 is 29.3 Å². The molecule has 7 nitrogen and oxygen atoms in total. The normalized spacial score (nSPS) is 51.7. The standard InChI is InChI=1S/C25H33NO6/c1-15(27)31-16-5-10-23(14-26)17-6-9-22(2)19(20-3-4-21(28)32-20)8-12-25(22,30)18(17)7-11-24(23,29)13-16/h3-4,16-20,29-30H,5-13H2,1-2H3/t16-,17-,18-,19-,20-,22+,23-,24-,25-/m0/s1. The second-order valence-electron chi connectivity index (χ2n) is 11.1. The van der Waals surface area contributed by atoms with Crippen LogP contribution < -0.4 is 0 Å². The fourth-order valence-corrected chi connectivity index (χ4v) is 8.57. The van der Waals surface area contributed by atoms with Crippen molar-refractivity contribution in [2.24, 2.45) is 28.6 Å². The first-order valence-electron chi connectivity index (χ1n) is 12.0. The molecule has 1 aliphatic heterocycles. The number of hydrogen-bond acceptors (Lipinski definition) is 7. The number of cyclic esters (lactones) is 1. The first-order chi connectivity index (χ1) is 15.1. The Labute approximate surface area is 188 Å². The highest BCUT2D eigenvalue weighted by atomic mass is 16.5. The van der Waals surface area contributed by atoms with E-state index in [0.29, 0.717) is 32.1 Å². The molecule has 5 rings (SSSR count). The summed E-state index contributed by atoms with van der Waals surface area (Å²) < 4.78 is 10.9. The van der Waals surface area contributed by atoms with Gasteiger partial charge in [0.1, 0.15) is 12.2 Å². The second-order valence-corrected chi connectivity index (χ2v) is 11.1. The van der Waals surface area contributed by atoms with E-state index in [4.69, 9.17) is 9.47 Å². The van der Waals surface area contributed by atoms with Crippen LogP contribution in [0.5, 0.6) is 0 Å². The van der Waals surface area contributed by atoms with Crippen molar-refractivity contribution in [3.05, 3.63) is 12.2 Å². The lowest BCUT2D eigenvalue weighted by Gasteiger charge is -2.64. The summed E-state index contributed by atoms with van der Waals surface area (Å²) in [6.45, 7) is 3.50. The van der Waals surface area contributed by atoms with Crippen LogP contribution in [0.4, 0.5) is 0 Å². The average molecular weight is 444 g/mol. The van der Waals surface area contributed by atoms with Gasteiger partial charge in [-0.3, -0.25) is 4.79 Å². The molecule has 4 fully saturated rings. The van der Waals surface area contributed by atoms with Gasteiger partial charge >= 0.3 is 11.9 Å². The van der Waals surface area contributed by atoms with E-state index in [1.165, 1.54) is 13.0 Å². The van der Waals surface area contributed by atoms with Gasteiger partial charge in [0.15, 0.2) is 0 Å². The second kappa shape index (κ2) is 7.04. The number of rotatable bonds is 2. The minimum Gasteiger partial charge on any atom is -0.462 e. The van der Waals surface area contributed by atoms with Gasteiger partial charge in [0.2, 0.25) is 0 Å². The molecule has 5 aliphatic rings. The maximum absolute atomic E-state index is 12.2. The van der Waals surface area contributed by atoms with E-state index >= 15 is 0 Å². The van der Waals surface area contributed by atoms with E-state index in [2.05, 4.69) is 13.0 Å². The van der Waals surface area contributed by atoms with Crippen LogP contribution in [0.3, 0.4) is 0 Å². The molecular formula is C25H33NO6. The Morgan fingerprint density at radius 2 is 1.84 bits per heavy atom. The van der Waals surface area contributed by atoms with Crippen molar-refractivity contribution in [1.82, 2.24) is 0 Å². The molecule has 4 aliphatic carbocycles. The molecule has 2 N–H and O–H groups in total. The minimum atomic E-state index is -1.22. The summed E-state index contributed by atoms with van der Waals surface area (Å²) in [6, 6.07) is 2.53. The van der Waals surface area contributed by atoms with Crippen molar-refractivity contribution >= 4 is 11.9 Å². The van der Waals surface area contributed by atoms with Gasteiger partial charge in [-0.15, -0.1) is 0 Å². The Bertz CT molecular complexity index is 911. The smallest absolute Gasteiger partial charge is 0.331 e. The minimum absolute atomic E-state index is 0.0506. The molecule has 0 saturated heterocycles. The quantitative estimate of drug-likeness (QED) is 0.630. The number of hydrogen-bond donors (Lipinski definition) is 2. The number of nitriles is 1. The Morgan fingerprint density at radius 1 is 1.12 bits per heavy atom. The van der Waals surface area contributed by atoms with E-state index < -0.39 is 22.0 Å². The average Bonchev–Trinajstić information content (AvgIpc) is 3.27. The molecular weight excluding hydrogens is 410 g/mol. The summed E-state index contributed by atoms with van der Waals surface area (Å²) in [5.74, 6) is -0.827. The third-order valence-corrected chi connectivity index (χ3v) is 10.1.